The van der Waals surface area contributed by atoms with Gasteiger partial charge in [-0.25, -0.2) is 0 Å². The van der Waals surface area contributed by atoms with Crippen LogP contribution in [0.4, 0.5) is 0 Å². The molecule has 4 heteroatoms. The minimum absolute atomic E-state index is 0.426. The van der Waals surface area contributed by atoms with Gasteiger partial charge in [0.1, 0.15) is 0 Å². The molecule has 0 aromatic rings. The summed E-state index contributed by atoms with van der Waals surface area (Å²) in [5, 5.41) is 13.2. The van der Waals surface area contributed by atoms with Crippen LogP contribution < -0.4 is 11.1 Å². The number of thioether (sulfide) groups is 1. The standard InChI is InChI=1S/C8H18N2OS/c9-3-6-12-7-8(11)1-4-10-5-2-8/h10-11H,1-7,9H2. The van der Waals surface area contributed by atoms with Gasteiger partial charge in [0.25, 0.3) is 0 Å². The zero-order valence-electron chi connectivity index (χ0n) is 7.38. The Labute approximate surface area is 78.1 Å². The number of hydrogen-bond acceptors (Lipinski definition) is 4. The first kappa shape index (κ1) is 10.3. The molecule has 12 heavy (non-hydrogen) atoms. The van der Waals surface area contributed by atoms with Gasteiger partial charge in [-0.3, -0.25) is 0 Å². The van der Waals surface area contributed by atoms with Gasteiger partial charge in [0.05, 0.1) is 5.60 Å². The number of piperidine rings is 1. The molecule has 0 radical (unpaired) electrons. The Morgan fingerprint density at radius 2 is 2.08 bits per heavy atom. The highest BCUT2D eigenvalue weighted by Crippen LogP contribution is 2.22. The van der Waals surface area contributed by atoms with Gasteiger partial charge in [-0.1, -0.05) is 0 Å². The summed E-state index contributed by atoms with van der Waals surface area (Å²) in [4.78, 5) is 0. The van der Waals surface area contributed by atoms with E-state index < -0.39 is 5.60 Å². The van der Waals surface area contributed by atoms with Gasteiger partial charge in [0, 0.05) is 18.1 Å². The van der Waals surface area contributed by atoms with Gasteiger partial charge in [-0.15, -0.1) is 0 Å². The summed E-state index contributed by atoms with van der Waals surface area (Å²) >= 11 is 1.76. The maximum atomic E-state index is 10.00. The zero-order valence-corrected chi connectivity index (χ0v) is 8.20. The Hall–Kier alpha value is 0.230. The predicted molar refractivity (Wildman–Crippen MR) is 53.4 cm³/mol. The van der Waals surface area contributed by atoms with Crippen LogP contribution in [0, 0.1) is 0 Å². The predicted octanol–water partition coefficient (Wildman–Crippen LogP) is -0.207. The van der Waals surface area contributed by atoms with Crippen LogP contribution in [-0.2, 0) is 0 Å². The molecule has 0 unspecified atom stereocenters. The highest BCUT2D eigenvalue weighted by atomic mass is 32.2. The van der Waals surface area contributed by atoms with Crippen LogP contribution in [0.3, 0.4) is 0 Å². The number of nitrogens with two attached hydrogens (primary N) is 1. The summed E-state index contributed by atoms with van der Waals surface area (Å²) in [7, 11) is 0. The summed E-state index contributed by atoms with van der Waals surface area (Å²) in [5.41, 5.74) is 4.95. The fraction of sp³-hybridized carbons (Fsp3) is 1.00. The Bertz CT molecular complexity index is 126. The van der Waals surface area contributed by atoms with Gasteiger partial charge in [-0.2, -0.15) is 11.8 Å². The number of aliphatic hydroxyl groups is 1. The Morgan fingerprint density at radius 1 is 1.42 bits per heavy atom. The highest BCUT2D eigenvalue weighted by molar-refractivity contribution is 7.99. The average Bonchev–Trinajstić information content (AvgIpc) is 2.06. The monoisotopic (exact) mass is 190 g/mol. The van der Waals surface area contributed by atoms with Crippen molar-refractivity contribution in [1.82, 2.24) is 5.32 Å². The molecular weight excluding hydrogens is 172 g/mol. The maximum Gasteiger partial charge on any atom is 0.0761 e. The van der Waals surface area contributed by atoms with Gasteiger partial charge in [0.15, 0.2) is 0 Å². The Kier molecular flexibility index (Phi) is 4.35. The van der Waals surface area contributed by atoms with Crippen LogP contribution in [0.15, 0.2) is 0 Å². The quantitative estimate of drug-likeness (QED) is 0.537. The molecule has 1 heterocycles. The molecular formula is C8H18N2OS. The molecule has 1 aliphatic heterocycles. The van der Waals surface area contributed by atoms with Crippen molar-refractivity contribution in [2.75, 3.05) is 31.1 Å². The van der Waals surface area contributed by atoms with E-state index in [1.54, 1.807) is 11.8 Å². The minimum atomic E-state index is -0.426. The molecule has 0 bridgehead atoms. The van der Waals surface area contributed by atoms with Crippen LogP contribution in [-0.4, -0.2) is 41.8 Å². The molecule has 0 saturated carbocycles. The first-order chi connectivity index (χ1) is 5.77. The van der Waals surface area contributed by atoms with Crippen molar-refractivity contribution in [2.45, 2.75) is 18.4 Å². The van der Waals surface area contributed by atoms with E-state index in [0.29, 0.717) is 6.54 Å². The van der Waals surface area contributed by atoms with Crippen LogP contribution in [0.1, 0.15) is 12.8 Å². The molecule has 3 nitrogen and oxygen atoms in total. The van der Waals surface area contributed by atoms with Crippen LogP contribution in [0.2, 0.25) is 0 Å². The third-order valence-electron chi connectivity index (χ3n) is 2.17. The minimum Gasteiger partial charge on any atom is -0.389 e. The second-order valence-corrected chi connectivity index (χ2v) is 4.42. The topological polar surface area (TPSA) is 58.3 Å². The van der Waals surface area contributed by atoms with E-state index in [2.05, 4.69) is 5.32 Å². The normalized spacial score (nSPS) is 22.5. The summed E-state index contributed by atoms with van der Waals surface area (Å²) < 4.78 is 0. The van der Waals surface area contributed by atoms with Gasteiger partial charge < -0.3 is 16.2 Å². The van der Waals surface area contributed by atoms with Gasteiger partial charge in [-0.05, 0) is 25.9 Å². The van der Waals surface area contributed by atoms with Crippen molar-refractivity contribution in [2.24, 2.45) is 5.73 Å². The Morgan fingerprint density at radius 3 is 2.67 bits per heavy atom. The number of hydrogen-bond donors (Lipinski definition) is 3. The maximum absolute atomic E-state index is 10.00. The number of rotatable bonds is 4. The molecule has 4 N–H and O–H groups in total. The SMILES string of the molecule is NCCSCC1(O)CCNCC1. The third kappa shape index (κ3) is 3.31. The lowest BCUT2D eigenvalue weighted by atomic mass is 9.95. The zero-order chi connectivity index (χ0) is 8.86. The fourth-order valence-electron chi connectivity index (χ4n) is 1.38. The van der Waals surface area contributed by atoms with Gasteiger partial charge >= 0.3 is 0 Å². The summed E-state index contributed by atoms with van der Waals surface area (Å²) in [6.07, 6.45) is 1.76. The first-order valence-electron chi connectivity index (χ1n) is 4.48. The van der Waals surface area contributed by atoms with Crippen molar-refractivity contribution in [1.29, 1.82) is 0 Å². The van der Waals surface area contributed by atoms with Crippen molar-refractivity contribution in [3.63, 3.8) is 0 Å². The van der Waals surface area contributed by atoms with Gasteiger partial charge in [0.2, 0.25) is 0 Å². The molecule has 0 atom stereocenters. The van der Waals surface area contributed by atoms with E-state index in [9.17, 15) is 5.11 Å². The smallest absolute Gasteiger partial charge is 0.0761 e. The van der Waals surface area contributed by atoms with E-state index in [-0.39, 0.29) is 0 Å². The van der Waals surface area contributed by atoms with Crippen LogP contribution in [0.25, 0.3) is 0 Å². The summed E-state index contributed by atoms with van der Waals surface area (Å²) in [6.45, 7) is 2.60. The van der Waals surface area contributed by atoms with Crippen molar-refractivity contribution in [3.8, 4) is 0 Å². The lowest BCUT2D eigenvalue weighted by Crippen LogP contribution is -2.43. The lowest BCUT2D eigenvalue weighted by molar-refractivity contribution is 0.0339. The molecule has 0 amide bonds. The largest absolute Gasteiger partial charge is 0.389 e. The summed E-state index contributed by atoms with van der Waals surface area (Å²) in [6, 6.07) is 0. The molecule has 1 fully saturated rings. The molecule has 0 aromatic carbocycles. The molecule has 0 spiro atoms. The van der Waals surface area contributed by atoms with E-state index in [0.717, 1.165) is 37.4 Å². The Balaban J connectivity index is 2.17. The van der Waals surface area contributed by atoms with E-state index in [4.69, 9.17) is 5.73 Å². The fourth-order valence-corrected chi connectivity index (χ4v) is 2.36. The van der Waals surface area contributed by atoms with E-state index >= 15 is 0 Å². The number of nitrogens with one attached hydrogen (secondary N) is 1. The molecule has 0 aliphatic carbocycles. The van der Waals surface area contributed by atoms with Crippen molar-refractivity contribution < 1.29 is 5.11 Å². The highest BCUT2D eigenvalue weighted by Gasteiger charge is 2.28. The molecule has 1 aliphatic rings. The average molecular weight is 190 g/mol. The second-order valence-electron chi connectivity index (χ2n) is 3.32. The molecule has 72 valence electrons. The van der Waals surface area contributed by atoms with Crippen LogP contribution in [0.5, 0.6) is 0 Å². The van der Waals surface area contributed by atoms with Crippen LogP contribution >= 0.6 is 11.8 Å². The van der Waals surface area contributed by atoms with Crippen molar-refractivity contribution >= 4 is 11.8 Å². The lowest BCUT2D eigenvalue weighted by Gasteiger charge is -2.32. The first-order valence-corrected chi connectivity index (χ1v) is 5.63. The van der Waals surface area contributed by atoms with E-state index in [1.165, 1.54) is 0 Å². The third-order valence-corrected chi connectivity index (χ3v) is 3.43. The molecule has 1 rings (SSSR count). The second kappa shape index (κ2) is 5.07. The summed E-state index contributed by atoms with van der Waals surface area (Å²) in [5.74, 6) is 1.79. The van der Waals surface area contributed by atoms with E-state index in [1.807, 2.05) is 0 Å². The van der Waals surface area contributed by atoms with Crippen molar-refractivity contribution in [3.05, 3.63) is 0 Å². The molecule has 0 aromatic heterocycles. The molecule has 1 saturated heterocycles.